The lowest BCUT2D eigenvalue weighted by molar-refractivity contribution is -0.870. The van der Waals surface area contributed by atoms with Crippen LogP contribution in [0.2, 0.25) is 0 Å². The molecule has 10 nitrogen and oxygen atoms in total. The van der Waals surface area contributed by atoms with E-state index in [0.717, 1.165) is 57.8 Å². The van der Waals surface area contributed by atoms with Crippen molar-refractivity contribution in [3.63, 3.8) is 0 Å². The molecule has 0 aliphatic carbocycles. The van der Waals surface area contributed by atoms with Crippen molar-refractivity contribution in [1.29, 1.82) is 0 Å². The van der Waals surface area contributed by atoms with Crippen molar-refractivity contribution in [2.24, 2.45) is 0 Å². The normalized spacial score (nSPS) is 17.1. The molecule has 1 heterocycles. The van der Waals surface area contributed by atoms with Gasteiger partial charge in [0.1, 0.15) is 19.8 Å². The van der Waals surface area contributed by atoms with Crippen LogP contribution in [0.4, 0.5) is 0 Å². The van der Waals surface area contributed by atoms with Crippen molar-refractivity contribution in [3.8, 4) is 0 Å². The van der Waals surface area contributed by atoms with Gasteiger partial charge in [0.15, 0.2) is 6.10 Å². The Morgan fingerprint density at radius 2 is 1.05 bits per heavy atom. The standard InChI is InChI=1S/C54H94NO9P/c1-6-8-10-11-12-13-14-15-16-17-18-19-20-21-22-23-28-31-34-37-41-45-54(57)63-50(49-62-65(58,59)61-47-46-55(3,4)5)48-60-53(56)44-40-36-33-30-27-25-24-26-29-32-35-39-43-52-51(64-52)42-38-9-7-2/h9,15-16,25-27,29,33,35-36,38-39,50-52H,6-8,10-14,17-24,28,30-32,34,37,40-49H2,1-5H3/b16-15-,27-25-,29-26-,36-33-,38-9-,39-35-/t50-,51?,52?/m1/s1. The summed E-state index contributed by atoms with van der Waals surface area (Å²) in [5.41, 5.74) is 0. The number of unbranched alkanes of at least 4 members (excludes halogenated alkanes) is 17. The Morgan fingerprint density at radius 1 is 0.569 bits per heavy atom. The molecule has 0 saturated carbocycles. The second-order valence-electron chi connectivity index (χ2n) is 18.5. The fourth-order valence-corrected chi connectivity index (χ4v) is 7.74. The molecular formula is C54H94NO9P. The number of hydrogen-bond acceptors (Lipinski definition) is 9. The van der Waals surface area contributed by atoms with Crippen molar-refractivity contribution in [2.75, 3.05) is 47.5 Å². The van der Waals surface area contributed by atoms with E-state index in [9.17, 15) is 19.0 Å². The van der Waals surface area contributed by atoms with Crippen LogP contribution in [-0.4, -0.2) is 82.2 Å². The molecule has 0 amide bonds. The number of phosphoric acid groups is 1. The molecule has 65 heavy (non-hydrogen) atoms. The van der Waals surface area contributed by atoms with Crippen LogP contribution in [0.3, 0.4) is 0 Å². The molecule has 0 aromatic heterocycles. The molecule has 1 saturated heterocycles. The highest BCUT2D eigenvalue weighted by atomic mass is 31.2. The highest BCUT2D eigenvalue weighted by Gasteiger charge is 2.36. The molecule has 1 aliphatic heterocycles. The maximum absolute atomic E-state index is 12.7. The molecule has 0 radical (unpaired) electrons. The van der Waals surface area contributed by atoms with Gasteiger partial charge in [0, 0.05) is 12.8 Å². The number of carbonyl (C=O) groups excluding carboxylic acids is 2. The first-order valence-corrected chi connectivity index (χ1v) is 27.2. The Balaban J connectivity index is 2.25. The highest BCUT2D eigenvalue weighted by Crippen LogP contribution is 2.38. The summed E-state index contributed by atoms with van der Waals surface area (Å²) >= 11 is 0. The first-order chi connectivity index (χ1) is 31.5. The molecule has 0 aromatic rings. The van der Waals surface area contributed by atoms with Crippen molar-refractivity contribution in [2.45, 2.75) is 212 Å². The van der Waals surface area contributed by atoms with Crippen LogP contribution in [0.5, 0.6) is 0 Å². The summed E-state index contributed by atoms with van der Waals surface area (Å²) < 4.78 is 39.6. The van der Waals surface area contributed by atoms with Crippen molar-refractivity contribution in [3.05, 3.63) is 72.9 Å². The Bertz CT molecular complexity index is 1400. The third-order valence-electron chi connectivity index (χ3n) is 11.1. The Morgan fingerprint density at radius 3 is 1.58 bits per heavy atom. The fourth-order valence-electron chi connectivity index (χ4n) is 7.01. The van der Waals surface area contributed by atoms with Crippen LogP contribution in [0.25, 0.3) is 0 Å². The van der Waals surface area contributed by atoms with Gasteiger partial charge in [-0.3, -0.25) is 14.2 Å². The number of allylic oxidation sites excluding steroid dienone is 10. The molecule has 3 unspecified atom stereocenters. The second kappa shape index (κ2) is 41.6. The summed E-state index contributed by atoms with van der Waals surface area (Å²) in [4.78, 5) is 37.7. The molecule has 0 aromatic carbocycles. The van der Waals surface area contributed by atoms with Gasteiger partial charge in [-0.1, -0.05) is 177 Å². The molecule has 11 heteroatoms. The summed E-state index contributed by atoms with van der Waals surface area (Å²) in [5.74, 6) is -0.938. The molecule has 1 rings (SSSR count). The van der Waals surface area contributed by atoms with E-state index in [1.165, 1.54) is 96.3 Å². The summed E-state index contributed by atoms with van der Waals surface area (Å²) in [6.45, 7) is 4.02. The van der Waals surface area contributed by atoms with Crippen LogP contribution in [-0.2, 0) is 37.4 Å². The van der Waals surface area contributed by atoms with Crippen molar-refractivity contribution in [1.82, 2.24) is 0 Å². The summed E-state index contributed by atoms with van der Waals surface area (Å²) in [6, 6.07) is 0. The minimum absolute atomic E-state index is 0.0468. The third-order valence-corrected chi connectivity index (χ3v) is 12.1. The van der Waals surface area contributed by atoms with Gasteiger partial charge in [-0.15, -0.1) is 0 Å². The van der Waals surface area contributed by atoms with Gasteiger partial charge in [0.05, 0.1) is 40.0 Å². The number of hydrogen-bond donors (Lipinski definition) is 0. The lowest BCUT2D eigenvalue weighted by Crippen LogP contribution is -2.37. The molecule has 4 atom stereocenters. The SMILES string of the molecule is CC/C=C\CC1OC1C/C=C\C/C=C\C/C=C\C/C=C\CCC(=O)OC[C@H](COP(=O)([O-])OCC[N+](C)(C)C)OC(=O)CCCCCCCCCCCCC/C=C\CCCCCCCC. The third kappa shape index (κ3) is 42.5. The van der Waals surface area contributed by atoms with Gasteiger partial charge in [-0.2, -0.15) is 0 Å². The second-order valence-corrected chi connectivity index (χ2v) is 19.9. The number of esters is 2. The smallest absolute Gasteiger partial charge is 0.306 e. The van der Waals surface area contributed by atoms with Crippen LogP contribution in [0.15, 0.2) is 72.9 Å². The van der Waals surface area contributed by atoms with Gasteiger partial charge >= 0.3 is 11.9 Å². The fraction of sp³-hybridized carbons (Fsp3) is 0.741. The number of epoxide rings is 1. The van der Waals surface area contributed by atoms with E-state index >= 15 is 0 Å². The number of phosphoric ester groups is 1. The van der Waals surface area contributed by atoms with Gasteiger partial charge < -0.3 is 32.6 Å². The van der Waals surface area contributed by atoms with E-state index in [4.69, 9.17) is 23.3 Å². The monoisotopic (exact) mass is 932 g/mol. The van der Waals surface area contributed by atoms with Crippen molar-refractivity contribution < 1.29 is 46.8 Å². The molecule has 0 bridgehead atoms. The minimum atomic E-state index is -4.65. The van der Waals surface area contributed by atoms with Crippen LogP contribution >= 0.6 is 7.82 Å². The van der Waals surface area contributed by atoms with Crippen molar-refractivity contribution >= 4 is 19.8 Å². The lowest BCUT2D eigenvalue weighted by atomic mass is 10.0. The zero-order chi connectivity index (χ0) is 47.5. The minimum Gasteiger partial charge on any atom is -0.756 e. The maximum Gasteiger partial charge on any atom is 0.306 e. The molecule has 1 fully saturated rings. The zero-order valence-electron chi connectivity index (χ0n) is 41.9. The van der Waals surface area contributed by atoms with E-state index < -0.39 is 32.5 Å². The highest BCUT2D eigenvalue weighted by molar-refractivity contribution is 7.45. The summed E-state index contributed by atoms with van der Waals surface area (Å²) in [5, 5.41) is 0. The summed E-state index contributed by atoms with van der Waals surface area (Å²) in [7, 11) is 1.11. The quantitative estimate of drug-likeness (QED) is 0.0147. The van der Waals surface area contributed by atoms with Crippen LogP contribution in [0, 0.1) is 0 Å². The topological polar surface area (TPSA) is 124 Å². The number of likely N-dealkylation sites (N-methyl/N-ethyl adjacent to an activating group) is 1. The molecule has 374 valence electrons. The predicted octanol–water partition coefficient (Wildman–Crippen LogP) is 13.7. The Labute approximate surface area is 397 Å². The van der Waals surface area contributed by atoms with E-state index in [-0.39, 0.29) is 26.1 Å². The van der Waals surface area contributed by atoms with Gasteiger partial charge in [0.25, 0.3) is 7.82 Å². The number of quaternary nitrogens is 1. The lowest BCUT2D eigenvalue weighted by Gasteiger charge is -2.28. The summed E-state index contributed by atoms with van der Waals surface area (Å²) in [6.07, 6.45) is 55.6. The van der Waals surface area contributed by atoms with Gasteiger partial charge in [-0.05, 0) is 77.0 Å². The van der Waals surface area contributed by atoms with Crippen LogP contribution in [0.1, 0.15) is 194 Å². The first kappa shape index (κ1) is 60.4. The zero-order valence-corrected chi connectivity index (χ0v) is 42.8. The molecular weight excluding hydrogens is 838 g/mol. The average Bonchev–Trinajstić information content (AvgIpc) is 4.02. The van der Waals surface area contributed by atoms with E-state index in [1.54, 1.807) is 0 Å². The Kier molecular flexibility index (Phi) is 38.7. The van der Waals surface area contributed by atoms with Crippen LogP contribution < -0.4 is 4.89 Å². The number of carbonyl (C=O) groups is 2. The molecule has 0 N–H and O–H groups in total. The number of ether oxygens (including phenoxy) is 3. The maximum atomic E-state index is 12.7. The predicted molar refractivity (Wildman–Crippen MR) is 267 cm³/mol. The largest absolute Gasteiger partial charge is 0.756 e. The molecule has 0 spiro atoms. The average molecular weight is 932 g/mol. The first-order valence-electron chi connectivity index (χ1n) is 25.8. The van der Waals surface area contributed by atoms with E-state index in [2.05, 4.69) is 74.6 Å². The number of nitrogens with zero attached hydrogens (tertiary/aromatic N) is 1. The van der Waals surface area contributed by atoms with Gasteiger partial charge in [0.2, 0.25) is 0 Å². The molecule has 1 aliphatic rings. The van der Waals surface area contributed by atoms with E-state index in [1.807, 2.05) is 33.3 Å². The van der Waals surface area contributed by atoms with E-state index in [0.29, 0.717) is 36.1 Å². The van der Waals surface area contributed by atoms with Gasteiger partial charge in [-0.25, -0.2) is 0 Å². The number of rotatable bonds is 45. The Hall–Kier alpha value is -2.59.